The topological polar surface area (TPSA) is 92.8 Å². The third-order valence-electron chi connectivity index (χ3n) is 3.70. The molecule has 0 radical (unpaired) electrons. The molecule has 0 saturated carbocycles. The number of nitrogens with zero attached hydrogens (tertiary/aromatic N) is 4. The number of nitriles is 1. The average Bonchev–Trinajstić information content (AvgIpc) is 3.05. The number of hydrogen-bond acceptors (Lipinski definition) is 6. The largest absolute Gasteiger partial charge is 0.494 e. The Morgan fingerprint density at radius 1 is 1.23 bits per heavy atom. The lowest BCUT2D eigenvalue weighted by molar-refractivity contribution is 0.102. The molecule has 0 unspecified atom stereocenters. The van der Waals surface area contributed by atoms with Crippen molar-refractivity contribution in [1.29, 1.82) is 5.26 Å². The Morgan fingerprint density at radius 3 is 2.65 bits per heavy atom. The highest BCUT2D eigenvalue weighted by Gasteiger charge is 2.19. The summed E-state index contributed by atoms with van der Waals surface area (Å²) in [4.78, 5) is 13.3. The number of carbonyl (C=O) groups is 1. The van der Waals surface area contributed by atoms with Crippen LogP contribution in [-0.2, 0) is 0 Å². The van der Waals surface area contributed by atoms with Gasteiger partial charge in [-0.1, -0.05) is 17.3 Å². The monoisotopic (exact) mass is 365 g/mol. The Morgan fingerprint density at radius 2 is 1.96 bits per heavy atom. The van der Waals surface area contributed by atoms with Crippen LogP contribution in [0.2, 0.25) is 0 Å². The molecule has 0 atom stereocenters. The molecule has 0 aliphatic carbocycles. The van der Waals surface area contributed by atoms with Gasteiger partial charge in [0.05, 0.1) is 12.8 Å². The number of para-hydroxylation sites is 2. The highest BCUT2D eigenvalue weighted by Crippen LogP contribution is 2.24. The number of benzene rings is 2. The van der Waals surface area contributed by atoms with Crippen molar-refractivity contribution in [2.24, 2.45) is 0 Å². The number of anilines is 1. The van der Waals surface area contributed by atoms with Crippen LogP contribution in [0, 0.1) is 17.6 Å². The number of thioether (sulfide) groups is 1. The number of nitrogens with one attached hydrogen (secondary N) is 1. The van der Waals surface area contributed by atoms with Crippen LogP contribution >= 0.6 is 11.8 Å². The first-order valence-electron chi connectivity index (χ1n) is 7.67. The molecular weight excluding hydrogens is 350 g/mol. The molecule has 1 N–H and O–H groups in total. The maximum absolute atomic E-state index is 12.5. The van der Waals surface area contributed by atoms with E-state index in [9.17, 15) is 4.79 Å². The van der Waals surface area contributed by atoms with Crippen molar-refractivity contribution >= 4 is 23.4 Å². The third kappa shape index (κ3) is 3.53. The minimum absolute atomic E-state index is 0.228. The first kappa shape index (κ1) is 17.5. The van der Waals surface area contributed by atoms with Gasteiger partial charge in [-0.25, -0.2) is 4.68 Å². The Kier molecular flexibility index (Phi) is 5.20. The van der Waals surface area contributed by atoms with Gasteiger partial charge in [-0.3, -0.25) is 4.79 Å². The molecule has 0 spiro atoms. The first-order chi connectivity index (χ1) is 12.6. The summed E-state index contributed by atoms with van der Waals surface area (Å²) < 4.78 is 6.91. The quantitative estimate of drug-likeness (QED) is 0.550. The SMILES string of the molecule is COc1ccccc1-n1nnc(C(=O)Nc2ccc(SC#N)cc2)c1C. The van der Waals surface area contributed by atoms with Crippen LogP contribution in [-0.4, -0.2) is 28.0 Å². The zero-order valence-electron chi connectivity index (χ0n) is 14.1. The van der Waals surface area contributed by atoms with Crippen molar-refractivity contribution in [2.45, 2.75) is 11.8 Å². The van der Waals surface area contributed by atoms with E-state index in [1.165, 1.54) is 0 Å². The van der Waals surface area contributed by atoms with E-state index in [0.717, 1.165) is 16.7 Å². The molecule has 2 aromatic carbocycles. The van der Waals surface area contributed by atoms with Gasteiger partial charge in [-0.2, -0.15) is 5.26 Å². The van der Waals surface area contributed by atoms with Gasteiger partial charge in [0.1, 0.15) is 16.8 Å². The molecule has 8 heteroatoms. The van der Waals surface area contributed by atoms with Crippen LogP contribution in [0.5, 0.6) is 5.75 Å². The first-order valence-corrected chi connectivity index (χ1v) is 8.48. The molecule has 1 aromatic heterocycles. The van der Waals surface area contributed by atoms with E-state index in [1.54, 1.807) is 43.0 Å². The van der Waals surface area contributed by atoms with Gasteiger partial charge in [0.2, 0.25) is 0 Å². The molecule has 0 fully saturated rings. The van der Waals surface area contributed by atoms with Gasteiger partial charge in [0.15, 0.2) is 5.69 Å². The average molecular weight is 365 g/mol. The molecule has 0 bridgehead atoms. The number of hydrogen-bond donors (Lipinski definition) is 1. The smallest absolute Gasteiger partial charge is 0.278 e. The number of aromatic nitrogens is 3. The predicted octanol–water partition coefficient (Wildman–Crippen LogP) is 3.41. The van der Waals surface area contributed by atoms with Crippen LogP contribution in [0.3, 0.4) is 0 Å². The number of ether oxygens (including phenoxy) is 1. The zero-order valence-corrected chi connectivity index (χ0v) is 14.9. The van der Waals surface area contributed by atoms with Crippen molar-refractivity contribution in [3.8, 4) is 16.8 Å². The molecule has 7 nitrogen and oxygen atoms in total. The summed E-state index contributed by atoms with van der Waals surface area (Å²) in [5.74, 6) is 0.280. The van der Waals surface area contributed by atoms with Crippen molar-refractivity contribution in [3.63, 3.8) is 0 Å². The fraction of sp³-hybridized carbons (Fsp3) is 0.111. The fourth-order valence-electron chi connectivity index (χ4n) is 2.42. The lowest BCUT2D eigenvalue weighted by Crippen LogP contribution is -2.14. The number of methoxy groups -OCH3 is 1. The number of amides is 1. The lowest BCUT2D eigenvalue weighted by Gasteiger charge is -2.09. The highest BCUT2D eigenvalue weighted by molar-refractivity contribution is 8.03. The van der Waals surface area contributed by atoms with Gasteiger partial charge in [-0.05, 0) is 55.1 Å². The van der Waals surface area contributed by atoms with Crippen molar-refractivity contribution in [1.82, 2.24) is 15.0 Å². The summed E-state index contributed by atoms with van der Waals surface area (Å²) in [6.07, 6.45) is 0. The minimum Gasteiger partial charge on any atom is -0.494 e. The predicted molar refractivity (Wildman–Crippen MR) is 98.5 cm³/mol. The standard InChI is InChI=1S/C18H15N5O2S/c1-12-17(18(24)20-13-7-9-14(10-8-13)26-11-19)21-22-23(12)15-5-3-4-6-16(15)25-2/h3-10H,1-2H3,(H,20,24). The second kappa shape index (κ2) is 7.72. The summed E-state index contributed by atoms with van der Waals surface area (Å²) in [6, 6.07) is 14.4. The van der Waals surface area contributed by atoms with Crippen LogP contribution in [0.15, 0.2) is 53.4 Å². The Bertz CT molecular complexity index is 976. The summed E-state index contributed by atoms with van der Waals surface area (Å²) >= 11 is 1.06. The third-order valence-corrected chi connectivity index (χ3v) is 4.30. The van der Waals surface area contributed by atoms with Crippen molar-refractivity contribution < 1.29 is 9.53 Å². The normalized spacial score (nSPS) is 10.2. The zero-order chi connectivity index (χ0) is 18.5. The van der Waals surface area contributed by atoms with Crippen LogP contribution < -0.4 is 10.1 Å². The van der Waals surface area contributed by atoms with E-state index in [0.29, 0.717) is 22.8 Å². The minimum atomic E-state index is -0.357. The fourth-order valence-corrected chi connectivity index (χ4v) is 2.80. The molecule has 0 aliphatic rings. The molecular formula is C18H15N5O2S. The van der Waals surface area contributed by atoms with Gasteiger partial charge in [-0.15, -0.1) is 5.10 Å². The maximum atomic E-state index is 12.5. The molecule has 26 heavy (non-hydrogen) atoms. The van der Waals surface area contributed by atoms with Crippen LogP contribution in [0.1, 0.15) is 16.2 Å². The summed E-state index contributed by atoms with van der Waals surface area (Å²) in [7, 11) is 1.58. The van der Waals surface area contributed by atoms with E-state index >= 15 is 0 Å². The van der Waals surface area contributed by atoms with Crippen LogP contribution in [0.4, 0.5) is 5.69 Å². The van der Waals surface area contributed by atoms with Gasteiger partial charge < -0.3 is 10.1 Å². The molecule has 0 aliphatic heterocycles. The lowest BCUT2D eigenvalue weighted by atomic mass is 10.2. The van der Waals surface area contributed by atoms with Crippen molar-refractivity contribution in [3.05, 3.63) is 59.9 Å². The summed E-state index contributed by atoms with van der Waals surface area (Å²) in [5.41, 5.74) is 2.15. The molecule has 3 rings (SSSR count). The number of carbonyl (C=O) groups excluding carboxylic acids is 1. The van der Waals surface area contributed by atoms with E-state index in [1.807, 2.05) is 29.7 Å². The van der Waals surface area contributed by atoms with Gasteiger partial charge in [0.25, 0.3) is 5.91 Å². The second-order valence-electron chi connectivity index (χ2n) is 5.28. The van der Waals surface area contributed by atoms with E-state index in [2.05, 4.69) is 15.6 Å². The summed E-state index contributed by atoms with van der Waals surface area (Å²) in [5, 5.41) is 21.5. The Balaban J connectivity index is 1.83. The number of thiocyanates is 1. The Hall–Kier alpha value is -3.31. The number of rotatable bonds is 5. The van der Waals surface area contributed by atoms with E-state index in [4.69, 9.17) is 10.00 Å². The van der Waals surface area contributed by atoms with Crippen LogP contribution in [0.25, 0.3) is 5.69 Å². The van der Waals surface area contributed by atoms with Crippen molar-refractivity contribution in [2.75, 3.05) is 12.4 Å². The van der Waals surface area contributed by atoms with E-state index < -0.39 is 0 Å². The molecule has 0 saturated heterocycles. The molecule has 1 amide bonds. The van der Waals surface area contributed by atoms with Gasteiger partial charge in [0, 0.05) is 10.6 Å². The Labute approximate surface area is 154 Å². The molecule has 1 heterocycles. The second-order valence-corrected chi connectivity index (χ2v) is 6.14. The summed E-state index contributed by atoms with van der Waals surface area (Å²) in [6.45, 7) is 1.77. The highest BCUT2D eigenvalue weighted by atomic mass is 32.2. The molecule has 130 valence electrons. The van der Waals surface area contributed by atoms with Gasteiger partial charge >= 0.3 is 0 Å². The molecule has 3 aromatic rings. The maximum Gasteiger partial charge on any atom is 0.278 e. The van der Waals surface area contributed by atoms with E-state index in [-0.39, 0.29) is 11.6 Å².